The van der Waals surface area contributed by atoms with E-state index in [1.54, 1.807) is 7.11 Å². The Labute approximate surface area is 118 Å². The van der Waals surface area contributed by atoms with Crippen LogP contribution >= 0.6 is 0 Å². The molecule has 0 aliphatic heterocycles. The van der Waals surface area contributed by atoms with Crippen LogP contribution in [0.5, 0.6) is 5.75 Å². The van der Waals surface area contributed by atoms with Crippen molar-refractivity contribution in [2.45, 2.75) is 6.92 Å². The van der Waals surface area contributed by atoms with E-state index in [1.165, 1.54) is 11.1 Å². The molecule has 0 bridgehead atoms. The predicted octanol–water partition coefficient (Wildman–Crippen LogP) is 3.86. The van der Waals surface area contributed by atoms with E-state index in [0.717, 1.165) is 17.0 Å². The summed E-state index contributed by atoms with van der Waals surface area (Å²) in [7, 11) is 1.67. The van der Waals surface area contributed by atoms with Crippen LogP contribution in [0.1, 0.15) is 5.56 Å². The molecule has 3 aromatic rings. The molecule has 0 atom stereocenters. The fourth-order valence-corrected chi connectivity index (χ4v) is 2.31. The molecule has 1 aromatic heterocycles. The molecule has 3 rings (SSSR count). The maximum Gasteiger partial charge on any atom is 0.144 e. The first kappa shape index (κ1) is 12.5. The lowest BCUT2D eigenvalue weighted by atomic mass is 10.0. The SMILES string of the molecule is COc1ccccc1-n1cc(-c2ccccc2C)cn1. The molecule has 0 saturated carbocycles. The highest BCUT2D eigenvalue weighted by Crippen LogP contribution is 2.26. The van der Waals surface area contributed by atoms with Crippen LogP contribution in [-0.2, 0) is 0 Å². The summed E-state index contributed by atoms with van der Waals surface area (Å²) >= 11 is 0. The second kappa shape index (κ2) is 5.21. The Hall–Kier alpha value is -2.55. The lowest BCUT2D eigenvalue weighted by Gasteiger charge is -2.07. The number of para-hydroxylation sites is 2. The summed E-state index contributed by atoms with van der Waals surface area (Å²) < 4.78 is 7.23. The maximum absolute atomic E-state index is 5.38. The number of nitrogens with zero attached hydrogens (tertiary/aromatic N) is 2. The third-order valence-corrected chi connectivity index (χ3v) is 3.37. The molecule has 0 aliphatic carbocycles. The summed E-state index contributed by atoms with van der Waals surface area (Å²) in [5, 5.41) is 4.45. The first-order valence-corrected chi connectivity index (χ1v) is 6.53. The molecule has 1 heterocycles. The summed E-state index contributed by atoms with van der Waals surface area (Å²) in [5.41, 5.74) is 4.49. The number of hydrogen-bond donors (Lipinski definition) is 0. The van der Waals surface area contributed by atoms with E-state index >= 15 is 0 Å². The molecule has 0 spiro atoms. The van der Waals surface area contributed by atoms with Crippen molar-refractivity contribution in [3.63, 3.8) is 0 Å². The summed E-state index contributed by atoms with van der Waals surface area (Å²) in [6, 6.07) is 16.2. The molecule has 0 N–H and O–H groups in total. The molecule has 0 aliphatic rings. The smallest absolute Gasteiger partial charge is 0.144 e. The van der Waals surface area contributed by atoms with E-state index in [0.29, 0.717) is 0 Å². The quantitative estimate of drug-likeness (QED) is 0.718. The molecular weight excluding hydrogens is 248 g/mol. The normalized spacial score (nSPS) is 10.5. The number of ether oxygens (including phenoxy) is 1. The average Bonchev–Trinajstić information content (AvgIpc) is 2.97. The van der Waals surface area contributed by atoms with Gasteiger partial charge in [0.15, 0.2) is 0 Å². The fraction of sp³-hybridized carbons (Fsp3) is 0.118. The molecule has 0 saturated heterocycles. The number of rotatable bonds is 3. The van der Waals surface area contributed by atoms with Crippen molar-refractivity contribution >= 4 is 0 Å². The average molecular weight is 264 g/mol. The zero-order valence-electron chi connectivity index (χ0n) is 11.6. The lowest BCUT2D eigenvalue weighted by molar-refractivity contribution is 0.411. The molecule has 0 amide bonds. The largest absolute Gasteiger partial charge is 0.494 e. The first-order valence-electron chi connectivity index (χ1n) is 6.53. The Bertz CT molecular complexity index is 731. The minimum Gasteiger partial charge on any atom is -0.494 e. The molecule has 100 valence electrons. The standard InChI is InChI=1S/C17H16N2O/c1-13-7-3-4-8-15(13)14-11-18-19(12-14)16-9-5-6-10-17(16)20-2/h3-12H,1-2H3. The van der Waals surface area contributed by atoms with Crippen molar-refractivity contribution in [1.82, 2.24) is 9.78 Å². The van der Waals surface area contributed by atoms with Gasteiger partial charge in [0.05, 0.1) is 13.3 Å². The van der Waals surface area contributed by atoms with E-state index in [-0.39, 0.29) is 0 Å². The van der Waals surface area contributed by atoms with Crippen LogP contribution < -0.4 is 4.74 Å². The Balaban J connectivity index is 2.05. The number of benzene rings is 2. The highest BCUT2D eigenvalue weighted by Gasteiger charge is 2.08. The van der Waals surface area contributed by atoms with Gasteiger partial charge in [0.2, 0.25) is 0 Å². The topological polar surface area (TPSA) is 27.1 Å². The van der Waals surface area contributed by atoms with E-state index in [4.69, 9.17) is 4.74 Å². The Morgan fingerprint density at radius 2 is 1.75 bits per heavy atom. The summed E-state index contributed by atoms with van der Waals surface area (Å²) in [5.74, 6) is 0.812. The van der Waals surface area contributed by atoms with Crippen LogP contribution in [0, 0.1) is 6.92 Å². The fourth-order valence-electron chi connectivity index (χ4n) is 2.31. The van der Waals surface area contributed by atoms with Crippen LogP contribution in [0.2, 0.25) is 0 Å². The summed E-state index contributed by atoms with van der Waals surface area (Å²) in [4.78, 5) is 0. The number of hydrogen-bond acceptors (Lipinski definition) is 2. The van der Waals surface area contributed by atoms with Crippen molar-refractivity contribution in [1.29, 1.82) is 0 Å². The van der Waals surface area contributed by atoms with Gasteiger partial charge in [-0.05, 0) is 30.2 Å². The van der Waals surface area contributed by atoms with Gasteiger partial charge in [-0.15, -0.1) is 0 Å². The maximum atomic E-state index is 5.38. The van der Waals surface area contributed by atoms with Gasteiger partial charge < -0.3 is 4.74 Å². The molecular formula is C17H16N2O. The lowest BCUT2D eigenvalue weighted by Crippen LogP contribution is -1.97. The van der Waals surface area contributed by atoms with Gasteiger partial charge in [-0.2, -0.15) is 5.10 Å². The third kappa shape index (κ3) is 2.18. The second-order valence-corrected chi connectivity index (χ2v) is 4.66. The van der Waals surface area contributed by atoms with Gasteiger partial charge >= 0.3 is 0 Å². The molecule has 0 unspecified atom stereocenters. The molecule has 3 heteroatoms. The van der Waals surface area contributed by atoms with Crippen LogP contribution in [-0.4, -0.2) is 16.9 Å². The first-order chi connectivity index (χ1) is 9.79. The van der Waals surface area contributed by atoms with Crippen LogP contribution in [0.25, 0.3) is 16.8 Å². The third-order valence-electron chi connectivity index (χ3n) is 3.37. The number of aromatic nitrogens is 2. The Kier molecular flexibility index (Phi) is 3.25. The van der Waals surface area contributed by atoms with Crippen LogP contribution in [0.3, 0.4) is 0 Å². The summed E-state index contributed by atoms with van der Waals surface area (Å²) in [6.45, 7) is 2.11. The molecule has 20 heavy (non-hydrogen) atoms. The van der Waals surface area contributed by atoms with Gasteiger partial charge in [-0.25, -0.2) is 4.68 Å². The van der Waals surface area contributed by atoms with Gasteiger partial charge in [-0.1, -0.05) is 36.4 Å². The van der Waals surface area contributed by atoms with Crippen molar-refractivity contribution in [3.05, 3.63) is 66.5 Å². The Morgan fingerprint density at radius 3 is 2.55 bits per heavy atom. The van der Waals surface area contributed by atoms with Crippen molar-refractivity contribution < 1.29 is 4.74 Å². The second-order valence-electron chi connectivity index (χ2n) is 4.66. The van der Waals surface area contributed by atoms with Gasteiger partial charge in [0.1, 0.15) is 11.4 Å². The molecule has 0 fully saturated rings. The van der Waals surface area contributed by atoms with Crippen molar-refractivity contribution in [2.75, 3.05) is 7.11 Å². The van der Waals surface area contributed by atoms with Crippen molar-refractivity contribution in [2.24, 2.45) is 0 Å². The van der Waals surface area contributed by atoms with E-state index in [9.17, 15) is 0 Å². The van der Waals surface area contributed by atoms with Gasteiger partial charge in [0.25, 0.3) is 0 Å². The van der Waals surface area contributed by atoms with Gasteiger partial charge in [-0.3, -0.25) is 0 Å². The Morgan fingerprint density at radius 1 is 1.00 bits per heavy atom. The zero-order chi connectivity index (χ0) is 13.9. The highest BCUT2D eigenvalue weighted by atomic mass is 16.5. The predicted molar refractivity (Wildman–Crippen MR) is 80.3 cm³/mol. The minimum absolute atomic E-state index is 0.812. The number of methoxy groups -OCH3 is 1. The molecule has 2 aromatic carbocycles. The van der Waals surface area contributed by atoms with E-state index in [2.05, 4.69) is 24.2 Å². The van der Waals surface area contributed by atoms with E-state index < -0.39 is 0 Å². The summed E-state index contributed by atoms with van der Waals surface area (Å²) in [6.07, 6.45) is 3.91. The van der Waals surface area contributed by atoms with E-state index in [1.807, 2.05) is 53.5 Å². The monoisotopic (exact) mass is 264 g/mol. The van der Waals surface area contributed by atoms with Crippen LogP contribution in [0.4, 0.5) is 0 Å². The minimum atomic E-state index is 0.812. The zero-order valence-corrected chi connectivity index (χ0v) is 11.6. The number of aryl methyl sites for hydroxylation is 1. The highest BCUT2D eigenvalue weighted by molar-refractivity contribution is 5.66. The molecule has 3 nitrogen and oxygen atoms in total. The van der Waals surface area contributed by atoms with Crippen LogP contribution in [0.15, 0.2) is 60.9 Å². The van der Waals surface area contributed by atoms with Crippen molar-refractivity contribution in [3.8, 4) is 22.6 Å². The van der Waals surface area contributed by atoms with Gasteiger partial charge in [0, 0.05) is 11.8 Å². The molecule has 0 radical (unpaired) electrons.